The Morgan fingerprint density at radius 2 is 1.79 bits per heavy atom. The molecule has 1 saturated heterocycles. The van der Waals surface area contributed by atoms with Gasteiger partial charge in [-0.2, -0.15) is 0 Å². The molecule has 29 heavy (non-hydrogen) atoms. The molecule has 0 N–H and O–H groups in total. The number of carbonyl (C=O) groups is 1. The molecule has 1 amide bonds. The predicted octanol–water partition coefficient (Wildman–Crippen LogP) is 3.80. The Morgan fingerprint density at radius 1 is 1.10 bits per heavy atom. The first-order chi connectivity index (χ1) is 14.1. The Kier molecular flexibility index (Phi) is 5.43. The molecule has 0 saturated carbocycles. The van der Waals surface area contributed by atoms with Gasteiger partial charge in [0.1, 0.15) is 17.1 Å². The number of methoxy groups -OCH3 is 2. The average Bonchev–Trinajstić information content (AvgIpc) is 3.41. The van der Waals surface area contributed by atoms with E-state index in [4.69, 9.17) is 9.47 Å². The van der Waals surface area contributed by atoms with Crippen molar-refractivity contribution >= 4 is 11.6 Å². The number of nitrogens with zero attached hydrogens (tertiary/aromatic N) is 3. The van der Waals surface area contributed by atoms with Crippen LogP contribution >= 0.6 is 0 Å². The predicted molar refractivity (Wildman–Crippen MR) is 112 cm³/mol. The first kappa shape index (κ1) is 19.3. The molecule has 0 radical (unpaired) electrons. The molecular weight excluding hydrogens is 366 g/mol. The monoisotopic (exact) mass is 393 g/mol. The van der Waals surface area contributed by atoms with Gasteiger partial charge in [-0.25, -0.2) is 4.98 Å². The summed E-state index contributed by atoms with van der Waals surface area (Å²) in [6.45, 7) is 3.74. The number of hydrogen-bond donors (Lipinski definition) is 0. The molecule has 0 spiro atoms. The van der Waals surface area contributed by atoms with Gasteiger partial charge in [0, 0.05) is 43.9 Å². The van der Waals surface area contributed by atoms with Crippen LogP contribution in [0.3, 0.4) is 0 Å². The molecule has 0 bridgehead atoms. The van der Waals surface area contributed by atoms with Crippen molar-refractivity contribution in [3.63, 3.8) is 0 Å². The summed E-state index contributed by atoms with van der Waals surface area (Å²) in [5.41, 5.74) is 4.01. The van der Waals surface area contributed by atoms with E-state index in [2.05, 4.69) is 28.4 Å². The van der Waals surface area contributed by atoms with E-state index in [0.29, 0.717) is 17.9 Å². The van der Waals surface area contributed by atoms with E-state index < -0.39 is 0 Å². The Labute approximate surface area is 171 Å². The second-order valence-electron chi connectivity index (χ2n) is 7.61. The Hall–Kier alpha value is -3.02. The summed E-state index contributed by atoms with van der Waals surface area (Å²) in [5.74, 6) is 1.45. The largest absolute Gasteiger partial charge is 0.497 e. The number of amides is 1. The summed E-state index contributed by atoms with van der Waals surface area (Å²) in [7, 11) is 3.28. The fourth-order valence-electron chi connectivity index (χ4n) is 4.05. The third kappa shape index (κ3) is 3.92. The number of aromatic nitrogens is 2. The van der Waals surface area contributed by atoms with Gasteiger partial charge in [-0.3, -0.25) is 4.79 Å². The van der Waals surface area contributed by atoms with Crippen molar-refractivity contribution in [1.82, 2.24) is 14.3 Å². The van der Waals surface area contributed by atoms with Gasteiger partial charge in [-0.15, -0.1) is 0 Å². The highest BCUT2D eigenvalue weighted by molar-refractivity contribution is 5.78. The topological polar surface area (TPSA) is 56.1 Å². The van der Waals surface area contributed by atoms with Crippen LogP contribution in [-0.4, -0.2) is 47.5 Å². The molecule has 3 aromatic rings. The zero-order valence-corrected chi connectivity index (χ0v) is 17.2. The minimum absolute atomic E-state index is 0.148. The number of imidazole rings is 1. The lowest BCUT2D eigenvalue weighted by Crippen LogP contribution is -2.29. The molecule has 2 aromatic heterocycles. The van der Waals surface area contributed by atoms with Crippen molar-refractivity contribution in [3.05, 3.63) is 59.5 Å². The lowest BCUT2D eigenvalue weighted by molar-refractivity contribution is -0.130. The van der Waals surface area contributed by atoms with Crippen LogP contribution in [0.4, 0.5) is 0 Å². The van der Waals surface area contributed by atoms with Gasteiger partial charge in [-0.05, 0) is 55.2 Å². The van der Waals surface area contributed by atoms with Crippen LogP contribution in [0.5, 0.6) is 11.5 Å². The number of likely N-dealkylation sites (tertiary alicyclic amines) is 1. The molecular formula is C23H27N3O3. The third-order valence-electron chi connectivity index (χ3n) is 5.67. The molecule has 152 valence electrons. The molecule has 1 atom stereocenters. The van der Waals surface area contributed by atoms with Gasteiger partial charge in [0.05, 0.1) is 19.9 Å². The number of aryl methyl sites for hydroxylation is 1. The first-order valence-electron chi connectivity index (χ1n) is 10.0. The fraction of sp³-hybridized carbons (Fsp3) is 0.391. The van der Waals surface area contributed by atoms with Gasteiger partial charge in [0.15, 0.2) is 0 Å². The number of pyridine rings is 1. The highest BCUT2D eigenvalue weighted by atomic mass is 16.5. The maximum Gasteiger partial charge on any atom is 0.223 e. The summed E-state index contributed by atoms with van der Waals surface area (Å²) in [5, 5.41) is 0. The van der Waals surface area contributed by atoms with E-state index in [9.17, 15) is 4.79 Å². The van der Waals surface area contributed by atoms with E-state index in [1.807, 2.05) is 35.5 Å². The molecule has 1 unspecified atom stereocenters. The minimum atomic E-state index is -0.148. The zero-order chi connectivity index (χ0) is 20.4. The fourth-order valence-corrected chi connectivity index (χ4v) is 4.05. The normalized spacial score (nSPS) is 14.9. The average molecular weight is 393 g/mol. The van der Waals surface area contributed by atoms with E-state index in [-0.39, 0.29) is 11.8 Å². The lowest BCUT2D eigenvalue weighted by atomic mass is 9.91. The van der Waals surface area contributed by atoms with Crippen molar-refractivity contribution in [2.45, 2.75) is 32.1 Å². The van der Waals surface area contributed by atoms with Crippen molar-refractivity contribution in [2.24, 2.45) is 0 Å². The van der Waals surface area contributed by atoms with Crippen LogP contribution in [-0.2, 0) is 4.79 Å². The molecule has 6 nitrogen and oxygen atoms in total. The van der Waals surface area contributed by atoms with Crippen molar-refractivity contribution in [2.75, 3.05) is 27.3 Å². The molecule has 3 heterocycles. The van der Waals surface area contributed by atoms with Crippen molar-refractivity contribution < 1.29 is 14.3 Å². The standard InChI is InChI=1S/C23H27N3O3/c1-16-6-9-26-21(15-24-22(26)10-16)20(14-23(27)25-7-4-5-8-25)17-11-18(28-2)13-19(12-17)29-3/h6,9-13,15,20H,4-5,7-8,14H2,1-3H3. The third-order valence-corrected chi connectivity index (χ3v) is 5.67. The van der Waals surface area contributed by atoms with Crippen LogP contribution in [0.15, 0.2) is 42.7 Å². The van der Waals surface area contributed by atoms with Gasteiger partial charge >= 0.3 is 0 Å². The molecule has 4 rings (SSSR count). The smallest absolute Gasteiger partial charge is 0.223 e. The highest BCUT2D eigenvalue weighted by Gasteiger charge is 2.27. The highest BCUT2D eigenvalue weighted by Crippen LogP contribution is 2.35. The molecule has 1 aliphatic heterocycles. The quantitative estimate of drug-likeness (QED) is 0.639. The molecule has 0 aliphatic carbocycles. The Balaban J connectivity index is 1.79. The van der Waals surface area contributed by atoms with E-state index in [0.717, 1.165) is 48.4 Å². The van der Waals surface area contributed by atoms with E-state index >= 15 is 0 Å². The number of fused-ring (bicyclic) bond motifs is 1. The Morgan fingerprint density at radius 3 is 2.45 bits per heavy atom. The first-order valence-corrected chi connectivity index (χ1v) is 10.0. The summed E-state index contributed by atoms with van der Waals surface area (Å²) in [6, 6.07) is 9.93. The van der Waals surface area contributed by atoms with E-state index in [1.54, 1.807) is 14.2 Å². The van der Waals surface area contributed by atoms with Crippen LogP contribution in [0, 0.1) is 6.92 Å². The molecule has 6 heteroatoms. The van der Waals surface area contributed by atoms with Gasteiger partial charge in [0.25, 0.3) is 0 Å². The second kappa shape index (κ2) is 8.15. The molecule has 1 aromatic carbocycles. The second-order valence-corrected chi connectivity index (χ2v) is 7.61. The number of benzene rings is 1. The van der Waals surface area contributed by atoms with Gasteiger partial charge < -0.3 is 18.8 Å². The number of rotatable bonds is 6. The van der Waals surface area contributed by atoms with Gasteiger partial charge in [0.2, 0.25) is 5.91 Å². The maximum absolute atomic E-state index is 13.1. The Bertz CT molecular complexity index is 999. The number of hydrogen-bond acceptors (Lipinski definition) is 4. The van der Waals surface area contributed by atoms with Crippen LogP contribution in [0.25, 0.3) is 5.65 Å². The molecule has 1 fully saturated rings. The maximum atomic E-state index is 13.1. The lowest BCUT2D eigenvalue weighted by Gasteiger charge is -2.22. The van der Waals surface area contributed by atoms with Crippen LogP contribution in [0.2, 0.25) is 0 Å². The number of carbonyl (C=O) groups excluding carboxylic acids is 1. The zero-order valence-electron chi connectivity index (χ0n) is 17.2. The van der Waals surface area contributed by atoms with Crippen LogP contribution in [0.1, 0.15) is 42.0 Å². The minimum Gasteiger partial charge on any atom is -0.497 e. The molecule has 1 aliphatic rings. The van der Waals surface area contributed by atoms with E-state index in [1.165, 1.54) is 0 Å². The van der Waals surface area contributed by atoms with Crippen molar-refractivity contribution in [1.29, 1.82) is 0 Å². The summed E-state index contributed by atoms with van der Waals surface area (Å²) in [4.78, 5) is 19.6. The summed E-state index contributed by atoms with van der Waals surface area (Å²) in [6.07, 6.45) is 6.45. The van der Waals surface area contributed by atoms with Gasteiger partial charge in [-0.1, -0.05) is 0 Å². The summed E-state index contributed by atoms with van der Waals surface area (Å²) >= 11 is 0. The number of ether oxygens (including phenoxy) is 2. The van der Waals surface area contributed by atoms with Crippen LogP contribution < -0.4 is 9.47 Å². The summed E-state index contributed by atoms with van der Waals surface area (Å²) < 4.78 is 13.0. The SMILES string of the molecule is COc1cc(OC)cc(C(CC(=O)N2CCCC2)c2cnc3cc(C)ccn23)c1. The van der Waals surface area contributed by atoms with Crippen molar-refractivity contribution in [3.8, 4) is 11.5 Å².